The number of benzene rings is 1. The standard InChI is InChI=1S/C12H13NO4S.C2H6/c1-12(11(16)17)6-18-10(13-12)8-4-2-3-7(5-14)9(8)15;1-2/h2-4,14-15H,5-6H2,1H3,(H,16,17);1-2H3/t12-;/m1./s1. The van der Waals surface area contributed by atoms with Crippen LogP contribution in [0.1, 0.15) is 31.9 Å². The molecular weight excluding hydrogens is 278 g/mol. The summed E-state index contributed by atoms with van der Waals surface area (Å²) in [4.78, 5) is 15.2. The maximum absolute atomic E-state index is 11.1. The molecule has 1 aliphatic rings. The average Bonchev–Trinajstić information content (AvgIpc) is 2.85. The molecule has 5 nitrogen and oxygen atoms in total. The monoisotopic (exact) mass is 297 g/mol. The molecule has 1 heterocycles. The van der Waals surface area contributed by atoms with E-state index in [0.717, 1.165) is 0 Å². The molecule has 1 atom stereocenters. The van der Waals surface area contributed by atoms with Crippen LogP contribution < -0.4 is 0 Å². The van der Waals surface area contributed by atoms with Crippen LogP contribution in [0.2, 0.25) is 0 Å². The van der Waals surface area contributed by atoms with Gasteiger partial charge in [0.05, 0.1) is 6.61 Å². The zero-order chi connectivity index (χ0) is 15.3. The minimum atomic E-state index is -1.15. The highest BCUT2D eigenvalue weighted by molar-refractivity contribution is 8.14. The fourth-order valence-electron chi connectivity index (χ4n) is 1.64. The summed E-state index contributed by atoms with van der Waals surface area (Å²) >= 11 is 1.29. The molecule has 0 spiro atoms. The number of hydrogen-bond donors (Lipinski definition) is 3. The van der Waals surface area contributed by atoms with Crippen molar-refractivity contribution in [2.24, 2.45) is 4.99 Å². The Bertz CT molecular complexity index is 530. The van der Waals surface area contributed by atoms with Crippen LogP contribution in [0.15, 0.2) is 23.2 Å². The Kier molecular flexibility index (Phi) is 5.59. The Labute approximate surface area is 122 Å². The molecule has 0 saturated heterocycles. The SMILES string of the molecule is CC.C[C@]1(C(=O)O)CSC(c2cccc(CO)c2O)=N1. The smallest absolute Gasteiger partial charge is 0.332 e. The number of aliphatic hydroxyl groups is 1. The number of aliphatic carboxylic acids is 1. The summed E-state index contributed by atoms with van der Waals surface area (Å²) in [6, 6.07) is 4.96. The van der Waals surface area contributed by atoms with Crippen LogP contribution in [0.25, 0.3) is 0 Å². The second-order valence-corrected chi connectivity index (χ2v) is 5.22. The Hall–Kier alpha value is -1.53. The van der Waals surface area contributed by atoms with Crippen molar-refractivity contribution in [2.75, 3.05) is 5.75 Å². The molecule has 3 N–H and O–H groups in total. The molecule has 1 aliphatic heterocycles. The fourth-order valence-corrected chi connectivity index (χ4v) is 2.83. The number of carboxylic acids is 1. The fraction of sp³-hybridized carbons (Fsp3) is 0.429. The van der Waals surface area contributed by atoms with E-state index in [0.29, 0.717) is 21.9 Å². The number of phenols is 1. The molecule has 0 aromatic heterocycles. The third-order valence-electron chi connectivity index (χ3n) is 2.82. The highest BCUT2D eigenvalue weighted by atomic mass is 32.2. The summed E-state index contributed by atoms with van der Waals surface area (Å²) in [6.07, 6.45) is 0. The van der Waals surface area contributed by atoms with Crippen LogP contribution in [0, 0.1) is 0 Å². The molecule has 0 saturated carbocycles. The minimum Gasteiger partial charge on any atom is -0.507 e. The number of hydrogen-bond acceptors (Lipinski definition) is 5. The minimum absolute atomic E-state index is 0.0408. The lowest BCUT2D eigenvalue weighted by atomic mass is 10.1. The van der Waals surface area contributed by atoms with Crippen molar-refractivity contribution >= 4 is 22.8 Å². The molecule has 0 radical (unpaired) electrons. The number of rotatable bonds is 3. The summed E-state index contributed by atoms with van der Waals surface area (Å²) in [5.41, 5.74) is -0.280. The van der Waals surface area contributed by atoms with Crippen LogP contribution in [0.4, 0.5) is 0 Å². The van der Waals surface area contributed by atoms with E-state index in [2.05, 4.69) is 4.99 Å². The molecule has 0 unspecified atom stereocenters. The van der Waals surface area contributed by atoms with E-state index >= 15 is 0 Å². The van der Waals surface area contributed by atoms with Gasteiger partial charge in [-0.3, -0.25) is 4.99 Å². The quantitative estimate of drug-likeness (QED) is 0.796. The van der Waals surface area contributed by atoms with Gasteiger partial charge in [0.1, 0.15) is 10.8 Å². The van der Waals surface area contributed by atoms with Crippen molar-refractivity contribution in [3.63, 3.8) is 0 Å². The number of aliphatic imine (C=N–C) groups is 1. The second kappa shape index (κ2) is 6.76. The van der Waals surface area contributed by atoms with E-state index in [1.807, 2.05) is 13.8 Å². The molecule has 0 aliphatic carbocycles. The molecule has 1 aromatic rings. The highest BCUT2D eigenvalue weighted by Crippen LogP contribution is 2.35. The lowest BCUT2D eigenvalue weighted by Crippen LogP contribution is -2.33. The van der Waals surface area contributed by atoms with Gasteiger partial charge in [0.2, 0.25) is 0 Å². The number of aromatic hydroxyl groups is 1. The molecule has 2 rings (SSSR count). The van der Waals surface area contributed by atoms with E-state index in [-0.39, 0.29) is 12.4 Å². The van der Waals surface area contributed by atoms with Crippen molar-refractivity contribution in [1.82, 2.24) is 0 Å². The number of carbonyl (C=O) groups is 1. The number of thioether (sulfide) groups is 1. The summed E-state index contributed by atoms with van der Waals surface area (Å²) in [6.45, 7) is 5.27. The normalized spacial score (nSPS) is 20.9. The van der Waals surface area contributed by atoms with E-state index in [1.54, 1.807) is 25.1 Å². The van der Waals surface area contributed by atoms with Gasteiger partial charge in [0.25, 0.3) is 0 Å². The van der Waals surface area contributed by atoms with E-state index in [9.17, 15) is 9.90 Å². The molecule has 6 heteroatoms. The zero-order valence-electron chi connectivity index (χ0n) is 11.8. The summed E-state index contributed by atoms with van der Waals surface area (Å²) in [5, 5.41) is 28.6. The first-order valence-electron chi connectivity index (χ1n) is 6.36. The van der Waals surface area contributed by atoms with Gasteiger partial charge in [-0.15, -0.1) is 11.8 Å². The Morgan fingerprint density at radius 1 is 1.45 bits per heavy atom. The lowest BCUT2D eigenvalue weighted by Gasteiger charge is -2.11. The Morgan fingerprint density at radius 2 is 2.10 bits per heavy atom. The topological polar surface area (TPSA) is 90.1 Å². The number of carboxylic acid groups (broad SMARTS) is 1. The summed E-state index contributed by atoms with van der Waals surface area (Å²) in [7, 11) is 0. The van der Waals surface area contributed by atoms with Gasteiger partial charge in [0.15, 0.2) is 5.54 Å². The van der Waals surface area contributed by atoms with Gasteiger partial charge in [-0.1, -0.05) is 26.0 Å². The first kappa shape index (κ1) is 16.5. The van der Waals surface area contributed by atoms with Gasteiger partial charge in [0, 0.05) is 16.9 Å². The molecule has 110 valence electrons. The largest absolute Gasteiger partial charge is 0.507 e. The van der Waals surface area contributed by atoms with Gasteiger partial charge in [-0.25, -0.2) is 4.79 Å². The third kappa shape index (κ3) is 3.13. The first-order chi connectivity index (χ1) is 9.48. The van der Waals surface area contributed by atoms with Crippen LogP contribution in [0.3, 0.4) is 0 Å². The van der Waals surface area contributed by atoms with Crippen molar-refractivity contribution in [1.29, 1.82) is 0 Å². The van der Waals surface area contributed by atoms with Gasteiger partial charge in [-0.05, 0) is 13.0 Å². The summed E-state index contributed by atoms with van der Waals surface area (Å²) < 4.78 is 0. The predicted molar refractivity (Wildman–Crippen MR) is 80.4 cm³/mol. The molecule has 0 fully saturated rings. The Balaban J connectivity index is 0.000000956. The maximum Gasteiger partial charge on any atom is 0.332 e. The van der Waals surface area contributed by atoms with E-state index in [4.69, 9.17) is 10.2 Å². The van der Waals surface area contributed by atoms with Crippen molar-refractivity contribution < 1.29 is 20.1 Å². The lowest BCUT2D eigenvalue weighted by molar-refractivity contribution is -0.141. The maximum atomic E-state index is 11.1. The van der Waals surface area contributed by atoms with Gasteiger partial charge < -0.3 is 15.3 Å². The van der Waals surface area contributed by atoms with Crippen molar-refractivity contribution in [3.05, 3.63) is 29.3 Å². The predicted octanol–water partition coefficient (Wildman–Crippen LogP) is 2.25. The van der Waals surface area contributed by atoms with Crippen LogP contribution in [0.5, 0.6) is 5.75 Å². The number of nitrogens with zero attached hydrogens (tertiary/aromatic N) is 1. The van der Waals surface area contributed by atoms with Crippen molar-refractivity contribution in [2.45, 2.75) is 32.9 Å². The van der Waals surface area contributed by atoms with Crippen LogP contribution >= 0.6 is 11.8 Å². The molecule has 0 amide bonds. The summed E-state index contributed by atoms with van der Waals surface area (Å²) in [5.74, 6) is -0.691. The van der Waals surface area contributed by atoms with Crippen molar-refractivity contribution in [3.8, 4) is 5.75 Å². The molecular formula is C14H19NO4S. The first-order valence-corrected chi connectivity index (χ1v) is 7.34. The Morgan fingerprint density at radius 3 is 2.60 bits per heavy atom. The van der Waals surface area contributed by atoms with E-state index in [1.165, 1.54) is 11.8 Å². The third-order valence-corrected chi connectivity index (χ3v) is 4.11. The van der Waals surface area contributed by atoms with Gasteiger partial charge >= 0.3 is 5.97 Å². The van der Waals surface area contributed by atoms with Gasteiger partial charge in [-0.2, -0.15) is 0 Å². The zero-order valence-corrected chi connectivity index (χ0v) is 12.6. The molecule has 1 aromatic carbocycles. The average molecular weight is 297 g/mol. The highest BCUT2D eigenvalue weighted by Gasteiger charge is 2.39. The van der Waals surface area contributed by atoms with Crippen LogP contribution in [-0.2, 0) is 11.4 Å². The van der Waals surface area contributed by atoms with Crippen LogP contribution in [-0.4, -0.2) is 37.6 Å². The van der Waals surface area contributed by atoms with E-state index < -0.39 is 11.5 Å². The second-order valence-electron chi connectivity index (χ2n) is 4.26. The number of aliphatic hydroxyl groups excluding tert-OH is 1. The number of para-hydroxylation sites is 1. The molecule has 20 heavy (non-hydrogen) atoms. The molecule has 0 bridgehead atoms.